The van der Waals surface area contributed by atoms with E-state index >= 15 is 0 Å². The van der Waals surface area contributed by atoms with E-state index in [1.54, 1.807) is 6.92 Å². The molecule has 0 bridgehead atoms. The zero-order valence-corrected chi connectivity index (χ0v) is 10.7. The third-order valence-electron chi connectivity index (χ3n) is 2.01. The molecule has 0 saturated heterocycles. The summed E-state index contributed by atoms with van der Waals surface area (Å²) in [6.07, 6.45) is 1.90. The van der Waals surface area contributed by atoms with Gasteiger partial charge in [0.05, 0.1) is 19.3 Å². The maximum Gasteiger partial charge on any atom is 0.333 e. The molecule has 0 aromatic rings. The minimum Gasteiger partial charge on any atom is -0.463 e. The molecule has 0 aromatic heterocycles. The zero-order valence-electron chi connectivity index (χ0n) is 10.7. The van der Waals surface area contributed by atoms with Crippen LogP contribution in [0.15, 0.2) is 24.8 Å². The third kappa shape index (κ3) is 8.52. The first kappa shape index (κ1) is 16.4. The molecule has 0 aliphatic heterocycles. The molecule has 0 spiro atoms. The molecular formula is C13H20O5. The minimum atomic E-state index is -0.608. The molecule has 0 rings (SSSR count). The third-order valence-corrected chi connectivity index (χ3v) is 2.01. The van der Waals surface area contributed by atoms with E-state index in [1.807, 2.05) is 0 Å². The standard InChI is InChI=1S/C13H20O5/c1-4-12(15)17-7-5-6-8-18-13(16)10(2)9-11(3)14/h4,11,14H,1-2,5-9H2,3H3. The number of rotatable bonds is 9. The number of aliphatic hydroxyl groups excluding tert-OH is 1. The number of carbonyl (C=O) groups excluding carboxylic acids is 2. The van der Waals surface area contributed by atoms with Crippen molar-refractivity contribution in [2.75, 3.05) is 13.2 Å². The van der Waals surface area contributed by atoms with Crippen LogP contribution in [0.25, 0.3) is 0 Å². The number of aliphatic hydroxyl groups is 1. The smallest absolute Gasteiger partial charge is 0.333 e. The van der Waals surface area contributed by atoms with Gasteiger partial charge in [0, 0.05) is 18.1 Å². The first-order chi connectivity index (χ1) is 8.47. The minimum absolute atomic E-state index is 0.204. The lowest BCUT2D eigenvalue weighted by Crippen LogP contribution is -2.13. The van der Waals surface area contributed by atoms with Gasteiger partial charge in [0.25, 0.3) is 0 Å². The molecule has 0 radical (unpaired) electrons. The van der Waals surface area contributed by atoms with Crippen LogP contribution in [0.3, 0.4) is 0 Å². The molecule has 0 aliphatic rings. The molecular weight excluding hydrogens is 236 g/mol. The largest absolute Gasteiger partial charge is 0.463 e. The number of ether oxygens (including phenoxy) is 2. The summed E-state index contributed by atoms with van der Waals surface area (Å²) in [5.41, 5.74) is 0.253. The maximum atomic E-state index is 11.3. The Bertz CT molecular complexity index is 307. The van der Waals surface area contributed by atoms with Crippen LogP contribution < -0.4 is 0 Å². The lowest BCUT2D eigenvalue weighted by molar-refractivity contribution is -0.141. The van der Waals surface area contributed by atoms with Gasteiger partial charge < -0.3 is 14.6 Å². The Hall–Kier alpha value is -1.62. The maximum absolute atomic E-state index is 11.3. The Morgan fingerprint density at radius 3 is 2.33 bits per heavy atom. The molecule has 0 aliphatic carbocycles. The first-order valence-electron chi connectivity index (χ1n) is 5.79. The van der Waals surface area contributed by atoms with Crippen LogP contribution in [0.1, 0.15) is 26.2 Å². The fourth-order valence-corrected chi connectivity index (χ4v) is 1.14. The van der Waals surface area contributed by atoms with Crippen molar-refractivity contribution in [3.63, 3.8) is 0 Å². The van der Waals surface area contributed by atoms with Gasteiger partial charge in [-0.05, 0) is 19.8 Å². The van der Waals surface area contributed by atoms with E-state index < -0.39 is 18.0 Å². The predicted molar refractivity (Wildman–Crippen MR) is 66.8 cm³/mol. The van der Waals surface area contributed by atoms with Gasteiger partial charge in [-0.2, -0.15) is 0 Å². The summed E-state index contributed by atoms with van der Waals surface area (Å²) in [6, 6.07) is 0. The Labute approximate surface area is 107 Å². The topological polar surface area (TPSA) is 72.8 Å². The van der Waals surface area contributed by atoms with Crippen LogP contribution in [0.2, 0.25) is 0 Å². The van der Waals surface area contributed by atoms with E-state index in [0.29, 0.717) is 12.8 Å². The molecule has 0 fully saturated rings. The summed E-state index contributed by atoms with van der Waals surface area (Å²) in [5, 5.41) is 9.06. The van der Waals surface area contributed by atoms with Gasteiger partial charge in [0.15, 0.2) is 0 Å². The lowest BCUT2D eigenvalue weighted by Gasteiger charge is -2.08. The van der Waals surface area contributed by atoms with Crippen LogP contribution in [0, 0.1) is 0 Å². The van der Waals surface area contributed by atoms with Gasteiger partial charge in [-0.15, -0.1) is 0 Å². The number of hydrogen-bond acceptors (Lipinski definition) is 5. The molecule has 5 nitrogen and oxygen atoms in total. The highest BCUT2D eigenvalue weighted by Crippen LogP contribution is 2.05. The fraction of sp³-hybridized carbons (Fsp3) is 0.538. The Morgan fingerprint density at radius 1 is 1.28 bits per heavy atom. The monoisotopic (exact) mass is 256 g/mol. The summed E-state index contributed by atoms with van der Waals surface area (Å²) in [4.78, 5) is 22.0. The summed E-state index contributed by atoms with van der Waals surface area (Å²) in [5.74, 6) is -0.962. The highest BCUT2D eigenvalue weighted by atomic mass is 16.5. The molecule has 0 saturated carbocycles. The highest BCUT2D eigenvalue weighted by Gasteiger charge is 2.10. The number of hydrogen-bond donors (Lipinski definition) is 1. The van der Waals surface area contributed by atoms with Crippen molar-refractivity contribution < 1.29 is 24.2 Å². The second-order valence-corrected chi connectivity index (χ2v) is 3.87. The summed E-state index contributed by atoms with van der Waals surface area (Å²) >= 11 is 0. The Balaban J connectivity index is 3.54. The summed E-state index contributed by atoms with van der Waals surface area (Å²) in [6.45, 7) is 8.89. The van der Waals surface area contributed by atoms with Crippen molar-refractivity contribution in [1.29, 1.82) is 0 Å². The number of carbonyl (C=O) groups is 2. The normalized spacial score (nSPS) is 11.4. The van der Waals surface area contributed by atoms with Crippen LogP contribution in [-0.4, -0.2) is 36.4 Å². The Kier molecular flexibility index (Phi) is 8.57. The molecule has 1 N–H and O–H groups in total. The van der Waals surface area contributed by atoms with Crippen molar-refractivity contribution >= 4 is 11.9 Å². The zero-order chi connectivity index (χ0) is 14.0. The first-order valence-corrected chi connectivity index (χ1v) is 5.79. The van der Waals surface area contributed by atoms with Gasteiger partial charge in [-0.3, -0.25) is 0 Å². The molecule has 1 unspecified atom stereocenters. The van der Waals surface area contributed by atoms with Gasteiger partial charge in [0.2, 0.25) is 0 Å². The fourth-order valence-electron chi connectivity index (χ4n) is 1.14. The average molecular weight is 256 g/mol. The van der Waals surface area contributed by atoms with E-state index in [2.05, 4.69) is 13.2 Å². The molecule has 0 heterocycles. The van der Waals surface area contributed by atoms with E-state index in [0.717, 1.165) is 6.08 Å². The second-order valence-electron chi connectivity index (χ2n) is 3.87. The van der Waals surface area contributed by atoms with Crippen LogP contribution in [0.4, 0.5) is 0 Å². The van der Waals surface area contributed by atoms with Crippen molar-refractivity contribution in [3.05, 3.63) is 24.8 Å². The van der Waals surface area contributed by atoms with Gasteiger partial charge >= 0.3 is 11.9 Å². The van der Waals surface area contributed by atoms with Crippen LogP contribution in [-0.2, 0) is 19.1 Å². The highest BCUT2D eigenvalue weighted by molar-refractivity contribution is 5.87. The van der Waals surface area contributed by atoms with E-state index in [4.69, 9.17) is 14.6 Å². The van der Waals surface area contributed by atoms with Crippen LogP contribution in [0.5, 0.6) is 0 Å². The SMILES string of the molecule is C=CC(=O)OCCCCOC(=O)C(=C)CC(C)O. The molecule has 0 aromatic carbocycles. The lowest BCUT2D eigenvalue weighted by atomic mass is 10.1. The quantitative estimate of drug-likeness (QED) is 0.383. The molecule has 0 amide bonds. The number of esters is 2. The predicted octanol–water partition coefficient (Wildman–Crippen LogP) is 1.37. The molecule has 18 heavy (non-hydrogen) atoms. The van der Waals surface area contributed by atoms with Gasteiger partial charge in [0.1, 0.15) is 0 Å². The van der Waals surface area contributed by atoms with Gasteiger partial charge in [-0.1, -0.05) is 13.2 Å². The van der Waals surface area contributed by atoms with Crippen molar-refractivity contribution in [2.45, 2.75) is 32.3 Å². The summed E-state index contributed by atoms with van der Waals surface area (Å²) in [7, 11) is 0. The molecule has 1 atom stereocenters. The average Bonchev–Trinajstić information content (AvgIpc) is 2.31. The molecule has 5 heteroatoms. The van der Waals surface area contributed by atoms with Crippen molar-refractivity contribution in [1.82, 2.24) is 0 Å². The van der Waals surface area contributed by atoms with E-state index in [1.165, 1.54) is 0 Å². The summed E-state index contributed by atoms with van der Waals surface area (Å²) < 4.78 is 9.68. The number of unbranched alkanes of at least 4 members (excludes halogenated alkanes) is 1. The van der Waals surface area contributed by atoms with Crippen molar-refractivity contribution in [2.24, 2.45) is 0 Å². The van der Waals surface area contributed by atoms with Crippen LogP contribution >= 0.6 is 0 Å². The Morgan fingerprint density at radius 2 is 1.83 bits per heavy atom. The van der Waals surface area contributed by atoms with E-state index in [-0.39, 0.29) is 25.2 Å². The van der Waals surface area contributed by atoms with Gasteiger partial charge in [-0.25, -0.2) is 9.59 Å². The molecule has 102 valence electrons. The van der Waals surface area contributed by atoms with Crippen molar-refractivity contribution in [3.8, 4) is 0 Å². The second kappa shape index (κ2) is 9.41. The van der Waals surface area contributed by atoms with E-state index in [9.17, 15) is 9.59 Å².